The Kier molecular flexibility index (Phi) is 9.48. The van der Waals surface area contributed by atoms with Crippen molar-refractivity contribution in [1.82, 2.24) is 0 Å². The zero-order valence-corrected chi connectivity index (χ0v) is 23.7. The van der Waals surface area contributed by atoms with Crippen LogP contribution in [-0.2, 0) is 18.9 Å². The third kappa shape index (κ3) is 5.18. The highest BCUT2D eigenvalue weighted by atomic mass is 16.5. The van der Waals surface area contributed by atoms with E-state index in [1.807, 2.05) is 12.1 Å². The van der Waals surface area contributed by atoms with E-state index in [-0.39, 0.29) is 11.8 Å². The Morgan fingerprint density at radius 1 is 0.474 bits per heavy atom. The SMILES string of the molecule is COC1=C(OC)C(CCCCCCCCC2C(OC)=C(OC)c3c(OC)cccc32)c2cccc(OC)c21. The summed E-state index contributed by atoms with van der Waals surface area (Å²) < 4.78 is 34.3. The number of ether oxygens (including phenoxy) is 6. The van der Waals surface area contributed by atoms with Crippen LogP contribution in [0.3, 0.4) is 0 Å². The molecule has 38 heavy (non-hydrogen) atoms. The molecule has 4 rings (SSSR count). The van der Waals surface area contributed by atoms with Crippen molar-refractivity contribution in [3.8, 4) is 11.5 Å². The summed E-state index contributed by atoms with van der Waals surface area (Å²) in [6.07, 6.45) is 9.24. The van der Waals surface area contributed by atoms with Crippen molar-refractivity contribution >= 4 is 11.5 Å². The van der Waals surface area contributed by atoms with E-state index in [0.29, 0.717) is 0 Å². The highest BCUT2D eigenvalue weighted by molar-refractivity contribution is 5.78. The van der Waals surface area contributed by atoms with Gasteiger partial charge < -0.3 is 28.4 Å². The molecule has 0 radical (unpaired) electrons. The second kappa shape index (κ2) is 13.0. The predicted molar refractivity (Wildman–Crippen MR) is 150 cm³/mol. The van der Waals surface area contributed by atoms with Crippen LogP contribution in [0.5, 0.6) is 11.5 Å². The average molecular weight is 523 g/mol. The van der Waals surface area contributed by atoms with E-state index in [4.69, 9.17) is 28.4 Å². The van der Waals surface area contributed by atoms with Gasteiger partial charge in [0, 0.05) is 11.8 Å². The molecule has 0 heterocycles. The van der Waals surface area contributed by atoms with Gasteiger partial charge in [0.1, 0.15) is 23.0 Å². The monoisotopic (exact) mass is 522 g/mol. The number of methoxy groups -OCH3 is 6. The minimum atomic E-state index is 0.216. The first-order valence-corrected chi connectivity index (χ1v) is 13.6. The smallest absolute Gasteiger partial charge is 0.168 e. The molecule has 2 aromatic rings. The largest absolute Gasteiger partial charge is 0.497 e. The quantitative estimate of drug-likeness (QED) is 0.224. The first-order valence-electron chi connectivity index (χ1n) is 13.6. The standard InChI is InChI=1S/C32H42O6/c1-33-25-19-13-17-21-23(29(35-3)31(37-5)27(21)25)15-11-9-7-8-10-12-16-24-22-18-14-20-26(34-2)28(22)32(38-6)30(24)36-4/h13-14,17-20,23-24H,7-12,15-16H2,1-6H3. The topological polar surface area (TPSA) is 55.4 Å². The summed E-state index contributed by atoms with van der Waals surface area (Å²) in [7, 11) is 10.3. The molecule has 0 saturated heterocycles. The van der Waals surface area contributed by atoms with Gasteiger partial charge in [-0.1, -0.05) is 62.8 Å². The second-order valence-corrected chi connectivity index (χ2v) is 9.86. The molecule has 2 aromatic carbocycles. The molecule has 0 bridgehead atoms. The van der Waals surface area contributed by atoms with Crippen LogP contribution in [0.1, 0.15) is 85.5 Å². The van der Waals surface area contributed by atoms with E-state index in [2.05, 4.69) is 24.3 Å². The number of hydrogen-bond acceptors (Lipinski definition) is 6. The van der Waals surface area contributed by atoms with Gasteiger partial charge in [-0.25, -0.2) is 0 Å². The molecule has 0 aromatic heterocycles. The summed E-state index contributed by atoms with van der Waals surface area (Å²) in [5.74, 6) is 5.54. The number of hydrogen-bond donors (Lipinski definition) is 0. The average Bonchev–Trinajstić information content (AvgIpc) is 3.45. The van der Waals surface area contributed by atoms with Crippen LogP contribution >= 0.6 is 0 Å². The van der Waals surface area contributed by atoms with Crippen LogP contribution in [-0.4, -0.2) is 42.7 Å². The van der Waals surface area contributed by atoms with Crippen molar-refractivity contribution in [1.29, 1.82) is 0 Å². The number of rotatable bonds is 15. The lowest BCUT2D eigenvalue weighted by Crippen LogP contribution is -2.02. The molecule has 0 fully saturated rings. The first-order chi connectivity index (χ1) is 18.6. The molecule has 2 aliphatic rings. The van der Waals surface area contributed by atoms with Gasteiger partial charge in [0.05, 0.1) is 53.8 Å². The lowest BCUT2D eigenvalue weighted by molar-refractivity contribution is 0.244. The maximum absolute atomic E-state index is 5.81. The summed E-state index contributed by atoms with van der Waals surface area (Å²) in [4.78, 5) is 0. The van der Waals surface area contributed by atoms with Gasteiger partial charge in [0.25, 0.3) is 0 Å². The normalized spacial score (nSPS) is 17.8. The molecule has 206 valence electrons. The summed E-state index contributed by atoms with van der Waals surface area (Å²) >= 11 is 0. The predicted octanol–water partition coefficient (Wildman–Crippen LogP) is 7.64. The van der Waals surface area contributed by atoms with Crippen LogP contribution in [0.4, 0.5) is 0 Å². The molecular weight excluding hydrogens is 480 g/mol. The van der Waals surface area contributed by atoms with Crippen molar-refractivity contribution in [2.24, 2.45) is 0 Å². The fourth-order valence-electron chi connectivity index (χ4n) is 6.20. The Balaban J connectivity index is 1.26. The Morgan fingerprint density at radius 2 is 0.868 bits per heavy atom. The van der Waals surface area contributed by atoms with Crippen molar-refractivity contribution in [3.05, 3.63) is 70.2 Å². The Bertz CT molecular complexity index is 1070. The highest BCUT2D eigenvalue weighted by Crippen LogP contribution is 2.49. The van der Waals surface area contributed by atoms with Crippen LogP contribution in [0.15, 0.2) is 47.9 Å². The van der Waals surface area contributed by atoms with E-state index < -0.39 is 0 Å². The van der Waals surface area contributed by atoms with E-state index in [1.165, 1.54) is 36.8 Å². The maximum Gasteiger partial charge on any atom is 0.168 e. The summed E-state index contributed by atoms with van der Waals surface area (Å²) in [5.41, 5.74) is 4.55. The third-order valence-electron chi connectivity index (χ3n) is 7.93. The van der Waals surface area contributed by atoms with Gasteiger partial charge in [-0.2, -0.15) is 0 Å². The molecule has 2 aliphatic carbocycles. The van der Waals surface area contributed by atoms with E-state index in [0.717, 1.165) is 71.3 Å². The molecule has 0 spiro atoms. The van der Waals surface area contributed by atoms with Crippen LogP contribution in [0.2, 0.25) is 0 Å². The molecule has 6 heteroatoms. The summed E-state index contributed by atoms with van der Waals surface area (Å²) in [5, 5.41) is 0. The zero-order chi connectivity index (χ0) is 27.1. The summed E-state index contributed by atoms with van der Waals surface area (Å²) in [6.45, 7) is 0. The van der Waals surface area contributed by atoms with Gasteiger partial charge in [0.2, 0.25) is 0 Å². The Labute approximate surface area is 227 Å². The van der Waals surface area contributed by atoms with Gasteiger partial charge in [-0.05, 0) is 36.1 Å². The number of fused-ring (bicyclic) bond motifs is 2. The van der Waals surface area contributed by atoms with Crippen molar-refractivity contribution in [2.45, 2.75) is 63.2 Å². The minimum Gasteiger partial charge on any atom is -0.497 e. The highest BCUT2D eigenvalue weighted by Gasteiger charge is 2.36. The van der Waals surface area contributed by atoms with Crippen molar-refractivity contribution in [2.75, 3.05) is 42.7 Å². The summed E-state index contributed by atoms with van der Waals surface area (Å²) in [6, 6.07) is 12.4. The van der Waals surface area contributed by atoms with Crippen LogP contribution < -0.4 is 9.47 Å². The van der Waals surface area contributed by atoms with E-state index in [1.54, 1.807) is 42.7 Å². The van der Waals surface area contributed by atoms with Crippen LogP contribution in [0.25, 0.3) is 11.5 Å². The van der Waals surface area contributed by atoms with Gasteiger partial charge in [-0.15, -0.1) is 0 Å². The lowest BCUT2D eigenvalue weighted by Gasteiger charge is -2.16. The fourth-order valence-corrected chi connectivity index (χ4v) is 6.20. The first kappa shape index (κ1) is 27.7. The van der Waals surface area contributed by atoms with Crippen molar-refractivity contribution in [3.63, 3.8) is 0 Å². The van der Waals surface area contributed by atoms with Gasteiger partial charge in [-0.3, -0.25) is 0 Å². The molecule has 0 amide bonds. The van der Waals surface area contributed by atoms with Crippen LogP contribution in [0, 0.1) is 0 Å². The molecular formula is C32H42O6. The Hall–Kier alpha value is -3.28. The van der Waals surface area contributed by atoms with Gasteiger partial charge in [0.15, 0.2) is 11.5 Å². The molecule has 2 unspecified atom stereocenters. The van der Waals surface area contributed by atoms with E-state index in [9.17, 15) is 0 Å². The molecule has 2 atom stereocenters. The van der Waals surface area contributed by atoms with Crippen molar-refractivity contribution < 1.29 is 28.4 Å². The molecule has 6 nitrogen and oxygen atoms in total. The minimum absolute atomic E-state index is 0.216. The lowest BCUT2D eigenvalue weighted by atomic mass is 9.92. The van der Waals surface area contributed by atoms with Gasteiger partial charge >= 0.3 is 0 Å². The number of allylic oxidation sites excluding steroid dienone is 2. The second-order valence-electron chi connectivity index (χ2n) is 9.86. The third-order valence-corrected chi connectivity index (χ3v) is 7.93. The Morgan fingerprint density at radius 3 is 1.21 bits per heavy atom. The number of unbranched alkanes of at least 4 members (excludes halogenated alkanes) is 5. The van der Waals surface area contributed by atoms with E-state index >= 15 is 0 Å². The maximum atomic E-state index is 5.81. The molecule has 0 aliphatic heterocycles. The number of benzene rings is 2. The fraction of sp³-hybridized carbons (Fsp3) is 0.500. The molecule has 0 saturated carbocycles. The zero-order valence-electron chi connectivity index (χ0n) is 23.7. The molecule has 0 N–H and O–H groups in total.